The fourth-order valence-corrected chi connectivity index (χ4v) is 2.82. The maximum absolute atomic E-state index is 12.1. The van der Waals surface area contributed by atoms with Crippen LogP contribution in [0.25, 0.3) is 0 Å². The number of methoxy groups -OCH3 is 2. The average molecular weight is 292 g/mol. The Morgan fingerprint density at radius 1 is 1.38 bits per heavy atom. The first-order valence-electron chi connectivity index (χ1n) is 7.32. The van der Waals surface area contributed by atoms with Crippen LogP contribution in [0, 0.1) is 0 Å². The Kier molecular flexibility index (Phi) is 5.59. The number of hydrogen-bond donors (Lipinski definition) is 2. The second kappa shape index (κ2) is 7.43. The molecule has 0 aromatic heterocycles. The lowest BCUT2D eigenvalue weighted by Crippen LogP contribution is -2.53. The molecule has 1 saturated heterocycles. The average Bonchev–Trinajstić information content (AvgIpc) is 2.95. The summed E-state index contributed by atoms with van der Waals surface area (Å²) in [5.41, 5.74) is 0.781. The van der Waals surface area contributed by atoms with E-state index in [-0.39, 0.29) is 11.4 Å². The molecule has 2 rings (SSSR count). The second-order valence-corrected chi connectivity index (χ2v) is 5.51. The van der Waals surface area contributed by atoms with Crippen LogP contribution < -0.4 is 15.4 Å². The zero-order valence-corrected chi connectivity index (χ0v) is 12.8. The molecule has 1 amide bonds. The Morgan fingerprint density at radius 3 is 2.86 bits per heavy atom. The zero-order chi connectivity index (χ0) is 15.1. The van der Waals surface area contributed by atoms with Crippen LogP contribution in [-0.4, -0.2) is 45.4 Å². The highest BCUT2D eigenvalue weighted by molar-refractivity contribution is 5.79. The van der Waals surface area contributed by atoms with E-state index in [1.165, 1.54) is 0 Å². The van der Waals surface area contributed by atoms with E-state index in [2.05, 4.69) is 10.6 Å². The summed E-state index contributed by atoms with van der Waals surface area (Å²) < 4.78 is 10.6. The molecule has 1 aliphatic heterocycles. The van der Waals surface area contributed by atoms with Crippen molar-refractivity contribution in [3.05, 3.63) is 29.8 Å². The van der Waals surface area contributed by atoms with E-state index in [1.54, 1.807) is 14.2 Å². The summed E-state index contributed by atoms with van der Waals surface area (Å²) in [6, 6.07) is 7.59. The largest absolute Gasteiger partial charge is 0.496 e. The number of nitrogens with one attached hydrogen (secondary N) is 2. The highest BCUT2D eigenvalue weighted by Gasteiger charge is 2.33. The molecular formula is C16H24N2O3. The summed E-state index contributed by atoms with van der Waals surface area (Å²) in [7, 11) is 3.31. The van der Waals surface area contributed by atoms with Crippen molar-refractivity contribution >= 4 is 5.91 Å². The van der Waals surface area contributed by atoms with Gasteiger partial charge in [0, 0.05) is 19.2 Å². The van der Waals surface area contributed by atoms with Crippen LogP contribution in [0.5, 0.6) is 5.75 Å². The molecule has 116 valence electrons. The van der Waals surface area contributed by atoms with E-state index < -0.39 is 0 Å². The normalized spacial score (nSPS) is 21.2. The number of ether oxygens (including phenoxy) is 2. The third kappa shape index (κ3) is 4.19. The smallest absolute Gasteiger partial charge is 0.224 e. The van der Waals surface area contributed by atoms with Gasteiger partial charge in [-0.1, -0.05) is 18.2 Å². The number of amides is 1. The molecule has 0 radical (unpaired) electrons. The topological polar surface area (TPSA) is 59.6 Å². The van der Waals surface area contributed by atoms with E-state index >= 15 is 0 Å². The van der Waals surface area contributed by atoms with Crippen LogP contribution >= 0.6 is 0 Å². The molecular weight excluding hydrogens is 268 g/mol. The van der Waals surface area contributed by atoms with Gasteiger partial charge in [-0.25, -0.2) is 0 Å². The highest BCUT2D eigenvalue weighted by atomic mass is 16.5. The molecule has 0 bridgehead atoms. The lowest BCUT2D eigenvalue weighted by atomic mass is 9.98. The third-order valence-electron chi connectivity index (χ3n) is 3.92. The number of rotatable bonds is 7. The van der Waals surface area contributed by atoms with Crippen LogP contribution in [0.3, 0.4) is 0 Å². The Hall–Kier alpha value is -1.59. The summed E-state index contributed by atoms with van der Waals surface area (Å²) in [6.07, 6.45) is 2.47. The SMILES string of the molecule is COCC1(CNC(=O)Cc2ccccc2OC)CCCN1. The first-order chi connectivity index (χ1) is 10.2. The molecule has 0 spiro atoms. The molecule has 21 heavy (non-hydrogen) atoms. The maximum atomic E-state index is 12.1. The maximum Gasteiger partial charge on any atom is 0.224 e. The lowest BCUT2D eigenvalue weighted by molar-refractivity contribution is -0.120. The minimum absolute atomic E-state index is 0.00341. The van der Waals surface area contributed by atoms with Crippen LogP contribution in [0.4, 0.5) is 0 Å². The van der Waals surface area contributed by atoms with Gasteiger partial charge in [0.15, 0.2) is 0 Å². The lowest BCUT2D eigenvalue weighted by Gasteiger charge is -2.29. The predicted octanol–water partition coefficient (Wildman–Crippen LogP) is 1.12. The summed E-state index contributed by atoms with van der Waals surface area (Å²) >= 11 is 0. The fraction of sp³-hybridized carbons (Fsp3) is 0.562. The zero-order valence-electron chi connectivity index (χ0n) is 12.8. The van der Waals surface area contributed by atoms with Crippen molar-refractivity contribution in [3.63, 3.8) is 0 Å². The molecule has 0 aliphatic carbocycles. The van der Waals surface area contributed by atoms with Gasteiger partial charge < -0.3 is 20.1 Å². The molecule has 1 atom stereocenters. The van der Waals surface area contributed by atoms with E-state index in [9.17, 15) is 4.79 Å². The Morgan fingerprint density at radius 2 is 2.19 bits per heavy atom. The van der Waals surface area contributed by atoms with Crippen molar-refractivity contribution in [2.24, 2.45) is 0 Å². The number of carbonyl (C=O) groups excluding carboxylic acids is 1. The molecule has 0 saturated carbocycles. The Labute approximate surface area is 126 Å². The first-order valence-corrected chi connectivity index (χ1v) is 7.32. The van der Waals surface area contributed by atoms with Crippen LogP contribution in [0.1, 0.15) is 18.4 Å². The minimum Gasteiger partial charge on any atom is -0.496 e. The number of para-hydroxylation sites is 1. The molecule has 2 N–H and O–H groups in total. The predicted molar refractivity (Wildman–Crippen MR) is 81.6 cm³/mol. The van der Waals surface area contributed by atoms with Crippen molar-refractivity contribution in [2.45, 2.75) is 24.8 Å². The molecule has 1 fully saturated rings. The standard InChI is InChI=1S/C16H24N2O3/c1-20-12-16(8-5-9-18-16)11-17-15(19)10-13-6-3-4-7-14(13)21-2/h3-4,6-7,18H,5,8-12H2,1-2H3,(H,17,19). The van der Waals surface area contributed by atoms with Crippen molar-refractivity contribution in [1.82, 2.24) is 10.6 Å². The van der Waals surface area contributed by atoms with Crippen LogP contribution in [-0.2, 0) is 16.0 Å². The van der Waals surface area contributed by atoms with Crippen LogP contribution in [0.2, 0.25) is 0 Å². The number of hydrogen-bond acceptors (Lipinski definition) is 4. The van der Waals surface area contributed by atoms with Gasteiger partial charge in [0.1, 0.15) is 5.75 Å². The van der Waals surface area contributed by atoms with Crippen molar-refractivity contribution in [2.75, 3.05) is 33.9 Å². The number of benzene rings is 1. The van der Waals surface area contributed by atoms with Gasteiger partial charge in [-0.3, -0.25) is 4.79 Å². The van der Waals surface area contributed by atoms with Gasteiger partial charge in [-0.05, 0) is 25.5 Å². The van der Waals surface area contributed by atoms with Gasteiger partial charge in [0.25, 0.3) is 0 Å². The highest BCUT2D eigenvalue weighted by Crippen LogP contribution is 2.20. The quantitative estimate of drug-likeness (QED) is 0.791. The third-order valence-corrected chi connectivity index (χ3v) is 3.92. The molecule has 1 aromatic rings. The monoisotopic (exact) mass is 292 g/mol. The van der Waals surface area contributed by atoms with Gasteiger partial charge in [-0.2, -0.15) is 0 Å². The minimum atomic E-state index is -0.120. The fourth-order valence-electron chi connectivity index (χ4n) is 2.82. The van der Waals surface area contributed by atoms with Crippen molar-refractivity contribution in [3.8, 4) is 5.75 Å². The summed E-state index contributed by atoms with van der Waals surface area (Å²) in [5.74, 6) is 0.752. The molecule has 5 nitrogen and oxygen atoms in total. The number of carbonyl (C=O) groups is 1. The molecule has 1 aliphatic rings. The van der Waals surface area contributed by atoms with Crippen molar-refractivity contribution < 1.29 is 14.3 Å². The van der Waals surface area contributed by atoms with Gasteiger partial charge in [0.05, 0.1) is 25.7 Å². The first kappa shape index (κ1) is 15.8. The van der Waals surface area contributed by atoms with E-state index in [1.807, 2.05) is 24.3 Å². The molecule has 1 heterocycles. The second-order valence-electron chi connectivity index (χ2n) is 5.51. The molecule has 5 heteroatoms. The molecule has 1 aromatic carbocycles. The van der Waals surface area contributed by atoms with E-state index in [0.717, 1.165) is 30.7 Å². The van der Waals surface area contributed by atoms with E-state index in [0.29, 0.717) is 19.6 Å². The summed E-state index contributed by atoms with van der Waals surface area (Å²) in [4.78, 5) is 12.1. The van der Waals surface area contributed by atoms with Gasteiger partial charge in [0.2, 0.25) is 5.91 Å². The van der Waals surface area contributed by atoms with Crippen molar-refractivity contribution in [1.29, 1.82) is 0 Å². The van der Waals surface area contributed by atoms with Crippen LogP contribution in [0.15, 0.2) is 24.3 Å². The summed E-state index contributed by atoms with van der Waals surface area (Å²) in [5, 5.41) is 6.46. The molecule has 1 unspecified atom stereocenters. The summed E-state index contributed by atoms with van der Waals surface area (Å²) in [6.45, 7) is 2.18. The Balaban J connectivity index is 1.89. The van der Waals surface area contributed by atoms with Gasteiger partial charge in [-0.15, -0.1) is 0 Å². The Bertz CT molecular complexity index is 470. The van der Waals surface area contributed by atoms with Gasteiger partial charge >= 0.3 is 0 Å². The van der Waals surface area contributed by atoms with E-state index in [4.69, 9.17) is 9.47 Å².